The van der Waals surface area contributed by atoms with Gasteiger partial charge in [-0.1, -0.05) is 259 Å². The van der Waals surface area contributed by atoms with Gasteiger partial charge in [0.1, 0.15) is 25.3 Å². The molecule has 2 atom stereocenters. The Labute approximate surface area is 546 Å². The van der Waals surface area contributed by atoms with Crippen LogP contribution < -0.4 is 10.6 Å². The molecule has 0 aromatic rings. The van der Waals surface area contributed by atoms with Crippen molar-refractivity contribution in [2.75, 3.05) is 78.9 Å². The Morgan fingerprint density at radius 2 is 0.456 bits per heavy atom. The average Bonchev–Trinajstić information content (AvgIpc) is 1.96. The molecule has 1 fully saturated rings. The van der Waals surface area contributed by atoms with Crippen molar-refractivity contribution in [2.45, 2.75) is 335 Å². The number of amides is 2. The molecule has 1 heterocycles. The highest BCUT2D eigenvalue weighted by molar-refractivity contribution is 6.00. The zero-order chi connectivity index (χ0) is 65.6. The van der Waals surface area contributed by atoms with E-state index < -0.39 is 48.7 Å². The van der Waals surface area contributed by atoms with Crippen LogP contribution in [0.2, 0.25) is 0 Å². The highest BCUT2D eigenvalue weighted by atomic mass is 16.6. The van der Waals surface area contributed by atoms with Crippen molar-refractivity contribution in [1.29, 1.82) is 0 Å². The van der Waals surface area contributed by atoms with E-state index >= 15 is 0 Å². The normalized spacial score (nSPS) is 13.9. The number of hydrogen-bond donors (Lipinski definition) is 2. The molecule has 1 saturated heterocycles. The van der Waals surface area contributed by atoms with Crippen molar-refractivity contribution in [3.63, 3.8) is 0 Å². The number of carbonyl (C=O) groups excluding carboxylic acids is 8. The van der Waals surface area contributed by atoms with Gasteiger partial charge in [-0.25, -0.2) is 0 Å². The first kappa shape index (κ1) is 83.7. The molecule has 1 aliphatic rings. The summed E-state index contributed by atoms with van der Waals surface area (Å²) < 4.78 is 33.1. The molecule has 2 N–H and O–H groups in total. The minimum Gasteiger partial charge on any atom is -0.466 e. The summed E-state index contributed by atoms with van der Waals surface area (Å²) in [5.74, 6) is -4.16. The molecule has 0 aliphatic carbocycles. The summed E-state index contributed by atoms with van der Waals surface area (Å²) >= 11 is 0. The first-order valence-corrected chi connectivity index (χ1v) is 36.9. The fourth-order valence-corrected chi connectivity index (χ4v) is 11.1. The quantitative estimate of drug-likeness (QED) is 0.0328. The molecule has 0 aromatic carbocycles. The van der Waals surface area contributed by atoms with E-state index in [1.807, 2.05) is 9.80 Å². The van der Waals surface area contributed by atoms with Crippen molar-refractivity contribution < 1.29 is 66.8 Å². The second kappa shape index (κ2) is 62.1. The van der Waals surface area contributed by atoms with E-state index in [1.165, 1.54) is 180 Å². The standard InChI is InChI=1S/C72H132N4O14/c1-5-9-13-17-21-25-29-33-37-41-55-85-65(77)45-49-75(50-46-66(78)86-56-42-38-34-30-26-22-18-14-10-6-2)53-59-89-69(81)61-63-71(83)74-64(72(84)73-63)62-70(82)90-60-54-76(51-47-67(79)87-57-43-39-35-31-27-23-19-15-11-7-3)52-48-68(80)88-58-44-40-36-32-28-24-20-16-12-8-4/h63-64H,5-62H2,1-4H3,(H,73,84)(H,74,83). The molecule has 1 rings (SSSR count). The van der Waals surface area contributed by atoms with Crippen LogP contribution in [0, 0.1) is 0 Å². The Balaban J connectivity index is 2.66. The van der Waals surface area contributed by atoms with Gasteiger partial charge in [-0.2, -0.15) is 0 Å². The van der Waals surface area contributed by atoms with E-state index in [2.05, 4.69) is 38.3 Å². The smallest absolute Gasteiger partial charge is 0.308 e. The summed E-state index contributed by atoms with van der Waals surface area (Å²) in [7, 11) is 0. The number of nitrogens with zero attached hydrogens (tertiary/aromatic N) is 2. The molecule has 1 aliphatic heterocycles. The Bertz CT molecular complexity index is 1600. The zero-order valence-electron chi connectivity index (χ0n) is 57.8. The monoisotopic (exact) mass is 1280 g/mol. The number of carbonyl (C=O) groups is 8. The van der Waals surface area contributed by atoms with Crippen LogP contribution >= 0.6 is 0 Å². The largest absolute Gasteiger partial charge is 0.466 e. The number of rotatable bonds is 66. The van der Waals surface area contributed by atoms with Crippen molar-refractivity contribution >= 4 is 47.6 Å². The van der Waals surface area contributed by atoms with Gasteiger partial charge in [-0.05, 0) is 25.7 Å². The molecule has 0 radical (unpaired) electrons. The Kier molecular flexibility index (Phi) is 57.8. The third-order valence-corrected chi connectivity index (χ3v) is 16.9. The van der Waals surface area contributed by atoms with Gasteiger partial charge in [-0.15, -0.1) is 0 Å². The van der Waals surface area contributed by atoms with Gasteiger partial charge in [-0.3, -0.25) is 48.2 Å². The Morgan fingerprint density at radius 1 is 0.267 bits per heavy atom. The second-order valence-corrected chi connectivity index (χ2v) is 25.3. The first-order chi connectivity index (χ1) is 43.9. The highest BCUT2D eigenvalue weighted by Crippen LogP contribution is 2.16. The zero-order valence-corrected chi connectivity index (χ0v) is 57.8. The third-order valence-electron chi connectivity index (χ3n) is 16.9. The van der Waals surface area contributed by atoms with E-state index in [0.717, 1.165) is 77.0 Å². The molecule has 0 aromatic heterocycles. The molecule has 18 heteroatoms. The van der Waals surface area contributed by atoms with Gasteiger partial charge in [0.2, 0.25) is 11.8 Å². The minimum absolute atomic E-state index is 0.0932. The van der Waals surface area contributed by atoms with Crippen LogP contribution in [-0.2, 0) is 66.8 Å². The maximum atomic E-state index is 13.2. The second-order valence-electron chi connectivity index (χ2n) is 25.3. The third kappa shape index (κ3) is 53.2. The number of ether oxygens (including phenoxy) is 6. The van der Waals surface area contributed by atoms with Gasteiger partial charge in [0, 0.05) is 39.3 Å². The summed E-state index contributed by atoms with van der Waals surface area (Å²) in [5.41, 5.74) is 0. The fraction of sp³-hybridized carbons (Fsp3) is 0.889. The molecule has 0 spiro atoms. The van der Waals surface area contributed by atoms with E-state index in [1.54, 1.807) is 0 Å². The predicted molar refractivity (Wildman–Crippen MR) is 358 cm³/mol. The molecular formula is C72H132N4O14. The molecule has 2 unspecified atom stereocenters. The Hall–Kier alpha value is -4.32. The lowest BCUT2D eigenvalue weighted by molar-refractivity contribution is -0.151. The predicted octanol–water partition coefficient (Wildman–Crippen LogP) is 14.9. The van der Waals surface area contributed by atoms with Crippen LogP contribution in [0.15, 0.2) is 0 Å². The molecular weight excluding hydrogens is 1140 g/mol. The maximum Gasteiger partial charge on any atom is 0.308 e. The number of hydrogen-bond acceptors (Lipinski definition) is 16. The summed E-state index contributed by atoms with van der Waals surface area (Å²) in [6.45, 7) is 11.6. The van der Waals surface area contributed by atoms with Crippen LogP contribution in [-0.4, -0.2) is 148 Å². The SMILES string of the molecule is CCCCCCCCCCCCOC(=O)CCN(CCOC(=O)CC1NC(=O)C(CC(=O)OCCN(CCC(=O)OCCCCCCCCCCCC)CCC(=O)OCCCCCCCCCCCC)NC1=O)CCC(=O)OCCCCCCCCCCCC. The minimum atomic E-state index is -1.24. The van der Waals surface area contributed by atoms with Gasteiger partial charge in [0.25, 0.3) is 0 Å². The number of esters is 6. The van der Waals surface area contributed by atoms with E-state index in [-0.39, 0.29) is 102 Å². The Morgan fingerprint density at radius 3 is 0.667 bits per heavy atom. The van der Waals surface area contributed by atoms with E-state index in [9.17, 15) is 38.4 Å². The highest BCUT2D eigenvalue weighted by Gasteiger charge is 2.36. The summed E-state index contributed by atoms with van der Waals surface area (Å²) in [4.78, 5) is 107. The number of unbranched alkanes of at least 4 members (excludes halogenated alkanes) is 36. The van der Waals surface area contributed by atoms with Gasteiger partial charge in [0.05, 0.1) is 65.0 Å². The summed E-state index contributed by atoms with van der Waals surface area (Å²) in [5, 5.41) is 5.07. The average molecular weight is 1280 g/mol. The van der Waals surface area contributed by atoms with Crippen molar-refractivity contribution in [1.82, 2.24) is 20.4 Å². The van der Waals surface area contributed by atoms with Crippen LogP contribution in [0.25, 0.3) is 0 Å². The van der Waals surface area contributed by atoms with Crippen LogP contribution in [0.5, 0.6) is 0 Å². The van der Waals surface area contributed by atoms with E-state index in [4.69, 9.17) is 28.4 Å². The number of nitrogens with one attached hydrogen (secondary N) is 2. The van der Waals surface area contributed by atoms with Gasteiger partial charge < -0.3 is 39.1 Å². The summed E-state index contributed by atoms with van der Waals surface area (Å²) in [6, 6.07) is -2.47. The number of piperazine rings is 1. The molecule has 18 nitrogen and oxygen atoms in total. The fourth-order valence-electron chi connectivity index (χ4n) is 11.1. The summed E-state index contributed by atoms with van der Waals surface area (Å²) in [6.07, 6.45) is 46.6. The van der Waals surface area contributed by atoms with Crippen LogP contribution in [0.4, 0.5) is 0 Å². The van der Waals surface area contributed by atoms with Gasteiger partial charge in [0.15, 0.2) is 0 Å². The van der Waals surface area contributed by atoms with Crippen molar-refractivity contribution in [3.8, 4) is 0 Å². The molecule has 90 heavy (non-hydrogen) atoms. The van der Waals surface area contributed by atoms with Gasteiger partial charge >= 0.3 is 35.8 Å². The lowest BCUT2D eigenvalue weighted by Gasteiger charge is -2.29. The van der Waals surface area contributed by atoms with Crippen molar-refractivity contribution in [3.05, 3.63) is 0 Å². The molecule has 524 valence electrons. The van der Waals surface area contributed by atoms with Crippen molar-refractivity contribution in [2.24, 2.45) is 0 Å². The lowest BCUT2D eigenvalue weighted by atomic mass is 10.1. The maximum absolute atomic E-state index is 13.2. The van der Waals surface area contributed by atoms with Crippen LogP contribution in [0.1, 0.15) is 323 Å². The van der Waals surface area contributed by atoms with E-state index in [0.29, 0.717) is 26.4 Å². The molecule has 0 saturated carbocycles. The van der Waals surface area contributed by atoms with Crippen LogP contribution in [0.3, 0.4) is 0 Å². The lowest BCUT2D eigenvalue weighted by Crippen LogP contribution is -2.62. The molecule has 2 amide bonds. The first-order valence-electron chi connectivity index (χ1n) is 36.9. The topological polar surface area (TPSA) is 222 Å². The molecule has 0 bridgehead atoms.